The smallest absolute Gasteiger partial charge is 0.295 e. The molecule has 0 atom stereocenters. The van der Waals surface area contributed by atoms with Gasteiger partial charge in [-0.2, -0.15) is 15.8 Å². The second kappa shape index (κ2) is 6.34. The highest BCUT2D eigenvalue weighted by Gasteiger charge is 2.18. The average molecular weight is 304 g/mol. The molecule has 1 aromatic carbocycles. The van der Waals surface area contributed by atoms with Gasteiger partial charge in [0.05, 0.1) is 11.4 Å². The highest BCUT2D eigenvalue weighted by Crippen LogP contribution is 2.16. The summed E-state index contributed by atoms with van der Waals surface area (Å²) in [7, 11) is 1.71. The van der Waals surface area contributed by atoms with Crippen molar-refractivity contribution in [2.45, 2.75) is 6.92 Å². The number of aromatic nitrogens is 2. The minimum absolute atomic E-state index is 0.149. The van der Waals surface area contributed by atoms with Gasteiger partial charge in [0.1, 0.15) is 29.6 Å². The Morgan fingerprint density at radius 3 is 2.22 bits per heavy atom. The molecule has 1 heterocycles. The summed E-state index contributed by atoms with van der Waals surface area (Å²) < 4.78 is 3.07. The van der Waals surface area contributed by atoms with Crippen LogP contribution < -0.4 is 10.9 Å². The Bertz CT molecular complexity index is 941. The number of para-hydroxylation sites is 1. The van der Waals surface area contributed by atoms with E-state index in [1.807, 2.05) is 6.07 Å². The molecule has 23 heavy (non-hydrogen) atoms. The molecular weight excluding hydrogens is 292 g/mol. The lowest BCUT2D eigenvalue weighted by Crippen LogP contribution is -2.21. The second-order valence-corrected chi connectivity index (χ2v) is 4.65. The van der Waals surface area contributed by atoms with Gasteiger partial charge < -0.3 is 5.32 Å². The van der Waals surface area contributed by atoms with Crippen molar-refractivity contribution < 1.29 is 0 Å². The van der Waals surface area contributed by atoms with Gasteiger partial charge in [-0.15, -0.1) is 0 Å². The van der Waals surface area contributed by atoms with Gasteiger partial charge in [0.15, 0.2) is 5.57 Å². The highest BCUT2D eigenvalue weighted by molar-refractivity contribution is 5.60. The summed E-state index contributed by atoms with van der Waals surface area (Å²) >= 11 is 0. The third-order valence-electron chi connectivity index (χ3n) is 3.39. The van der Waals surface area contributed by atoms with Gasteiger partial charge >= 0.3 is 0 Å². The monoisotopic (exact) mass is 304 g/mol. The molecule has 0 saturated carbocycles. The molecule has 0 unspecified atom stereocenters. The van der Waals surface area contributed by atoms with Crippen LogP contribution in [0.5, 0.6) is 0 Å². The lowest BCUT2D eigenvalue weighted by molar-refractivity contribution is 0.630. The molecule has 7 nitrogen and oxygen atoms in total. The fraction of sp³-hybridized carbons (Fsp3) is 0.125. The Labute approximate surface area is 132 Å². The molecule has 0 amide bonds. The SMILES string of the molecule is Cc1c(NC(C#N)=C(C#N)C#N)c(=O)n(-c2ccccc2)n1C. The standard InChI is InChI=1S/C16H12N6O/c1-11-15(20-14(10-19)12(8-17)9-18)16(23)22(21(11)2)13-6-4-3-5-7-13/h3-7,20H,1-2H3. The first kappa shape index (κ1) is 15.6. The molecule has 2 rings (SSSR count). The van der Waals surface area contributed by atoms with E-state index in [-0.39, 0.29) is 22.5 Å². The van der Waals surface area contributed by atoms with Crippen molar-refractivity contribution in [1.82, 2.24) is 9.36 Å². The van der Waals surface area contributed by atoms with E-state index in [0.29, 0.717) is 11.4 Å². The maximum Gasteiger partial charge on any atom is 0.295 e. The van der Waals surface area contributed by atoms with E-state index in [2.05, 4.69) is 5.32 Å². The van der Waals surface area contributed by atoms with E-state index in [1.54, 1.807) is 61.1 Å². The predicted octanol–water partition coefficient (Wildman–Crippen LogP) is 1.72. The van der Waals surface area contributed by atoms with E-state index in [0.717, 1.165) is 0 Å². The Balaban J connectivity index is 2.63. The molecule has 1 N–H and O–H groups in total. The number of hydrogen-bond acceptors (Lipinski definition) is 5. The van der Waals surface area contributed by atoms with E-state index in [1.165, 1.54) is 4.68 Å². The van der Waals surface area contributed by atoms with Crippen molar-refractivity contribution in [2.75, 3.05) is 5.32 Å². The Hall–Kier alpha value is -3.76. The molecule has 7 heteroatoms. The zero-order chi connectivity index (χ0) is 17.0. The molecule has 2 aromatic rings. The van der Waals surface area contributed by atoms with Gasteiger partial charge in [0, 0.05) is 7.05 Å². The fourth-order valence-electron chi connectivity index (χ4n) is 2.12. The lowest BCUT2D eigenvalue weighted by Gasteiger charge is -2.07. The fourth-order valence-corrected chi connectivity index (χ4v) is 2.12. The number of nitrogens with one attached hydrogen (secondary N) is 1. The summed E-state index contributed by atoms with van der Waals surface area (Å²) in [4.78, 5) is 12.6. The summed E-state index contributed by atoms with van der Waals surface area (Å²) in [5, 5.41) is 29.5. The van der Waals surface area contributed by atoms with Crippen molar-refractivity contribution in [3.63, 3.8) is 0 Å². The van der Waals surface area contributed by atoms with Crippen molar-refractivity contribution in [1.29, 1.82) is 15.8 Å². The van der Waals surface area contributed by atoms with Gasteiger partial charge in [0.2, 0.25) is 0 Å². The Morgan fingerprint density at radius 1 is 1.09 bits per heavy atom. The molecule has 0 aliphatic carbocycles. The number of anilines is 1. The predicted molar refractivity (Wildman–Crippen MR) is 83.2 cm³/mol. The Morgan fingerprint density at radius 2 is 1.70 bits per heavy atom. The second-order valence-electron chi connectivity index (χ2n) is 4.65. The summed E-state index contributed by atoms with van der Waals surface area (Å²) in [6.07, 6.45) is 0. The molecular formula is C16H12N6O. The van der Waals surface area contributed by atoms with Crippen molar-refractivity contribution in [3.8, 4) is 23.9 Å². The molecule has 0 radical (unpaired) electrons. The van der Waals surface area contributed by atoms with E-state index >= 15 is 0 Å². The highest BCUT2D eigenvalue weighted by atomic mass is 16.1. The Kier molecular flexibility index (Phi) is 4.31. The molecule has 0 bridgehead atoms. The maximum atomic E-state index is 12.6. The van der Waals surface area contributed by atoms with E-state index in [4.69, 9.17) is 15.8 Å². The van der Waals surface area contributed by atoms with Gasteiger partial charge in [-0.25, -0.2) is 4.68 Å². The quantitative estimate of drug-likeness (QED) is 0.868. The minimum Gasteiger partial charge on any atom is -0.339 e. The molecule has 1 aromatic heterocycles. The van der Waals surface area contributed by atoms with Crippen LogP contribution in [0.15, 0.2) is 46.4 Å². The maximum absolute atomic E-state index is 12.6. The summed E-state index contributed by atoms with van der Waals surface area (Å²) in [6, 6.07) is 14.0. The number of nitriles is 3. The minimum atomic E-state index is -0.376. The first-order valence-electron chi connectivity index (χ1n) is 6.60. The molecule has 0 spiro atoms. The zero-order valence-electron chi connectivity index (χ0n) is 12.5. The zero-order valence-corrected chi connectivity index (χ0v) is 12.5. The van der Waals surface area contributed by atoms with Gasteiger partial charge in [-0.3, -0.25) is 9.48 Å². The van der Waals surface area contributed by atoms with Crippen LogP contribution in [0.4, 0.5) is 5.69 Å². The van der Waals surface area contributed by atoms with Crippen LogP contribution in [0.25, 0.3) is 5.69 Å². The first-order chi connectivity index (χ1) is 11.0. The van der Waals surface area contributed by atoms with Crippen LogP contribution in [-0.2, 0) is 7.05 Å². The van der Waals surface area contributed by atoms with Gasteiger partial charge in [-0.1, -0.05) is 18.2 Å². The summed E-state index contributed by atoms with van der Waals surface area (Å²) in [5.41, 5.74) is 0.388. The van der Waals surface area contributed by atoms with Crippen LogP contribution in [0.1, 0.15) is 5.69 Å². The van der Waals surface area contributed by atoms with Crippen LogP contribution >= 0.6 is 0 Å². The first-order valence-corrected chi connectivity index (χ1v) is 6.60. The van der Waals surface area contributed by atoms with Crippen molar-refractivity contribution in [2.24, 2.45) is 7.05 Å². The summed E-state index contributed by atoms with van der Waals surface area (Å²) in [5.74, 6) is 0. The van der Waals surface area contributed by atoms with Crippen LogP contribution in [-0.4, -0.2) is 9.36 Å². The van der Waals surface area contributed by atoms with Crippen LogP contribution in [0.2, 0.25) is 0 Å². The molecule has 0 saturated heterocycles. The number of hydrogen-bond donors (Lipinski definition) is 1. The van der Waals surface area contributed by atoms with Crippen molar-refractivity contribution in [3.05, 3.63) is 57.6 Å². The van der Waals surface area contributed by atoms with Gasteiger partial charge in [0.25, 0.3) is 5.56 Å². The van der Waals surface area contributed by atoms with Gasteiger partial charge in [-0.05, 0) is 19.1 Å². The lowest BCUT2D eigenvalue weighted by atomic mass is 10.2. The molecule has 112 valence electrons. The van der Waals surface area contributed by atoms with Crippen LogP contribution in [0.3, 0.4) is 0 Å². The number of nitrogens with zero attached hydrogens (tertiary/aromatic N) is 5. The molecule has 0 aliphatic heterocycles. The largest absolute Gasteiger partial charge is 0.339 e. The number of allylic oxidation sites excluding steroid dienone is 2. The third kappa shape index (κ3) is 2.70. The normalized spacial score (nSPS) is 9.35. The number of benzene rings is 1. The average Bonchev–Trinajstić information content (AvgIpc) is 2.78. The molecule has 0 aliphatic rings. The van der Waals surface area contributed by atoms with E-state index in [9.17, 15) is 4.79 Å². The van der Waals surface area contributed by atoms with Crippen LogP contribution in [0, 0.1) is 40.9 Å². The molecule has 0 fully saturated rings. The summed E-state index contributed by atoms with van der Waals surface area (Å²) in [6.45, 7) is 1.70. The van der Waals surface area contributed by atoms with E-state index < -0.39 is 0 Å². The third-order valence-corrected chi connectivity index (χ3v) is 3.39. The number of rotatable bonds is 3. The topological polar surface area (TPSA) is 110 Å². The van der Waals surface area contributed by atoms with Crippen molar-refractivity contribution >= 4 is 5.69 Å².